The van der Waals surface area contributed by atoms with Crippen LogP contribution in [0.1, 0.15) is 32.6 Å². The van der Waals surface area contributed by atoms with Gasteiger partial charge >= 0.3 is 5.69 Å². The number of allylic oxidation sites excluding steroid dienone is 4. The molecule has 11 nitrogen and oxygen atoms in total. The minimum Gasteiger partial charge on any atom is -0.341 e. The fraction of sp³-hybridized carbons (Fsp3) is 0.500. The first-order valence-corrected chi connectivity index (χ1v) is 12.6. The van der Waals surface area contributed by atoms with E-state index >= 15 is 0 Å². The van der Waals surface area contributed by atoms with Crippen molar-refractivity contribution < 1.29 is 4.79 Å². The molecule has 194 valence electrons. The number of aliphatic imine (C=N–C) groups is 1. The number of carbonyl (C=O) groups is 1. The second-order valence-electron chi connectivity index (χ2n) is 9.70. The second-order valence-corrected chi connectivity index (χ2v) is 9.70. The molecule has 11 heteroatoms. The number of aromatic nitrogens is 4. The van der Waals surface area contributed by atoms with Crippen molar-refractivity contribution in [2.75, 3.05) is 31.6 Å². The van der Waals surface area contributed by atoms with E-state index in [1.54, 1.807) is 30.5 Å². The summed E-state index contributed by atoms with van der Waals surface area (Å²) in [6.45, 7) is 3.32. The number of rotatable bonds is 4. The number of fused-ring (bicyclic) bond motifs is 1. The zero-order valence-electron chi connectivity index (χ0n) is 21.5. The van der Waals surface area contributed by atoms with Crippen LogP contribution in [0.3, 0.4) is 0 Å². The lowest BCUT2D eigenvalue weighted by atomic mass is 9.98. The van der Waals surface area contributed by atoms with Crippen LogP contribution in [0.4, 0.5) is 5.95 Å². The van der Waals surface area contributed by atoms with E-state index in [2.05, 4.69) is 21.7 Å². The van der Waals surface area contributed by atoms with Crippen LogP contribution in [0.2, 0.25) is 0 Å². The van der Waals surface area contributed by atoms with E-state index in [9.17, 15) is 14.4 Å². The molecule has 0 radical (unpaired) electrons. The summed E-state index contributed by atoms with van der Waals surface area (Å²) in [5.41, 5.74) is 8.12. The van der Waals surface area contributed by atoms with Gasteiger partial charge in [0.2, 0.25) is 11.9 Å². The molecule has 2 aromatic heterocycles. The monoisotopic (exact) mass is 504 g/mol. The van der Waals surface area contributed by atoms with Crippen LogP contribution < -0.4 is 21.9 Å². The second kappa shape index (κ2) is 9.86. The normalized spacial score (nSPS) is 20.1. The van der Waals surface area contributed by atoms with Crippen molar-refractivity contribution in [2.45, 2.75) is 51.7 Å². The SMILES string of the molecule is CC#CCn1c(N2CCCC(N)C2)nc2c1c(=O)n(CC1=NCC(=O)N(C)C3=C1C=CCC3)c(=O)n2C. The van der Waals surface area contributed by atoms with Crippen LogP contribution in [-0.4, -0.2) is 67.9 Å². The molecule has 0 spiro atoms. The smallest absolute Gasteiger partial charge is 0.332 e. The Morgan fingerprint density at radius 1 is 1.19 bits per heavy atom. The third-order valence-electron chi connectivity index (χ3n) is 7.31. The number of piperidine rings is 1. The van der Waals surface area contributed by atoms with Crippen molar-refractivity contribution in [3.8, 4) is 11.8 Å². The average Bonchev–Trinajstić information content (AvgIpc) is 3.24. The Labute approximate surface area is 214 Å². The summed E-state index contributed by atoms with van der Waals surface area (Å²) in [7, 11) is 3.36. The maximum atomic E-state index is 13.9. The van der Waals surface area contributed by atoms with Gasteiger partial charge < -0.3 is 15.5 Å². The van der Waals surface area contributed by atoms with Gasteiger partial charge in [-0.2, -0.15) is 4.98 Å². The van der Waals surface area contributed by atoms with Crippen LogP contribution in [0.25, 0.3) is 11.2 Å². The molecule has 2 aliphatic heterocycles. The van der Waals surface area contributed by atoms with Gasteiger partial charge in [0.15, 0.2) is 11.2 Å². The Hall–Kier alpha value is -3.91. The molecular weight excluding hydrogens is 472 g/mol. The van der Waals surface area contributed by atoms with E-state index in [1.165, 1.54) is 9.13 Å². The first kappa shape index (κ1) is 24.8. The van der Waals surface area contributed by atoms with Gasteiger partial charge in [0.1, 0.15) is 6.54 Å². The summed E-state index contributed by atoms with van der Waals surface area (Å²) in [6.07, 6.45) is 7.32. The fourth-order valence-electron chi connectivity index (χ4n) is 5.29. The molecule has 1 saturated heterocycles. The van der Waals surface area contributed by atoms with Crippen LogP contribution in [0.5, 0.6) is 0 Å². The number of hydrogen-bond acceptors (Lipinski definition) is 7. The van der Waals surface area contributed by atoms with Crippen molar-refractivity contribution in [3.05, 3.63) is 44.3 Å². The van der Waals surface area contributed by atoms with E-state index in [0.29, 0.717) is 35.8 Å². The van der Waals surface area contributed by atoms with E-state index in [0.717, 1.165) is 37.1 Å². The minimum absolute atomic E-state index is 0.0138. The summed E-state index contributed by atoms with van der Waals surface area (Å²) < 4.78 is 4.38. The largest absolute Gasteiger partial charge is 0.341 e. The van der Waals surface area contributed by atoms with Crippen molar-refractivity contribution >= 4 is 28.7 Å². The Bertz CT molecular complexity index is 1540. The molecule has 1 fully saturated rings. The maximum Gasteiger partial charge on any atom is 0.332 e. The van der Waals surface area contributed by atoms with Gasteiger partial charge in [-0.15, -0.1) is 5.92 Å². The third-order valence-corrected chi connectivity index (χ3v) is 7.31. The number of carbonyl (C=O) groups excluding carboxylic acids is 1. The molecular formula is C26H32N8O3. The highest BCUT2D eigenvalue weighted by Crippen LogP contribution is 2.26. The first-order valence-electron chi connectivity index (χ1n) is 12.6. The lowest BCUT2D eigenvalue weighted by molar-refractivity contribution is -0.126. The Morgan fingerprint density at radius 2 is 2.00 bits per heavy atom. The number of amides is 1. The van der Waals surface area contributed by atoms with Crippen LogP contribution in [0.15, 0.2) is 38.0 Å². The van der Waals surface area contributed by atoms with Crippen LogP contribution in [0, 0.1) is 11.8 Å². The number of likely N-dealkylation sites (N-methyl/N-ethyl adjacent to an activating group) is 1. The molecule has 1 aliphatic carbocycles. The molecule has 0 saturated carbocycles. The molecule has 1 unspecified atom stereocenters. The lowest BCUT2D eigenvalue weighted by Crippen LogP contribution is -2.44. The summed E-state index contributed by atoms with van der Waals surface area (Å²) in [5.74, 6) is 6.42. The van der Waals surface area contributed by atoms with Crippen molar-refractivity contribution in [1.82, 2.24) is 23.6 Å². The highest BCUT2D eigenvalue weighted by atomic mass is 16.2. The van der Waals surface area contributed by atoms with Gasteiger partial charge in [-0.1, -0.05) is 18.1 Å². The quantitative estimate of drug-likeness (QED) is 0.600. The summed E-state index contributed by atoms with van der Waals surface area (Å²) >= 11 is 0. The summed E-state index contributed by atoms with van der Waals surface area (Å²) in [4.78, 5) is 52.9. The van der Waals surface area contributed by atoms with Crippen molar-refractivity contribution in [3.63, 3.8) is 0 Å². The minimum atomic E-state index is -0.487. The summed E-state index contributed by atoms with van der Waals surface area (Å²) in [6, 6.07) is 0.0138. The molecule has 0 aromatic carbocycles. The predicted molar refractivity (Wildman–Crippen MR) is 143 cm³/mol. The highest BCUT2D eigenvalue weighted by molar-refractivity contribution is 6.05. The molecule has 3 aliphatic rings. The number of aryl methyl sites for hydroxylation is 1. The number of hydrogen-bond donors (Lipinski definition) is 1. The topological polar surface area (TPSA) is 124 Å². The van der Waals surface area contributed by atoms with E-state index in [4.69, 9.17) is 10.7 Å². The van der Waals surface area contributed by atoms with Crippen molar-refractivity contribution in [2.24, 2.45) is 17.8 Å². The predicted octanol–water partition coefficient (Wildman–Crippen LogP) is 0.365. The fourth-order valence-corrected chi connectivity index (χ4v) is 5.29. The molecule has 2 aromatic rings. The molecule has 1 atom stereocenters. The Balaban J connectivity index is 1.67. The average molecular weight is 505 g/mol. The number of imidazole rings is 1. The van der Waals surface area contributed by atoms with E-state index < -0.39 is 11.2 Å². The van der Waals surface area contributed by atoms with Gasteiger partial charge in [0.05, 0.1) is 18.8 Å². The van der Waals surface area contributed by atoms with Crippen LogP contribution >= 0.6 is 0 Å². The van der Waals surface area contributed by atoms with Crippen LogP contribution in [-0.2, 0) is 24.9 Å². The lowest BCUT2D eigenvalue weighted by Gasteiger charge is -2.31. The van der Waals surface area contributed by atoms with Gasteiger partial charge in [-0.25, -0.2) is 4.79 Å². The number of nitrogens with zero attached hydrogens (tertiary/aromatic N) is 7. The van der Waals surface area contributed by atoms with Crippen molar-refractivity contribution in [1.29, 1.82) is 0 Å². The zero-order valence-corrected chi connectivity index (χ0v) is 21.5. The number of nitrogens with two attached hydrogens (primary N) is 1. The first-order chi connectivity index (χ1) is 17.8. The van der Waals surface area contributed by atoms with Gasteiger partial charge in [0, 0.05) is 44.5 Å². The molecule has 37 heavy (non-hydrogen) atoms. The molecule has 2 N–H and O–H groups in total. The number of anilines is 1. The van der Waals surface area contributed by atoms with Gasteiger partial charge in [-0.05, 0) is 32.6 Å². The van der Waals surface area contributed by atoms with E-state index in [-0.39, 0.29) is 31.6 Å². The van der Waals surface area contributed by atoms with Gasteiger partial charge in [-0.3, -0.25) is 28.3 Å². The molecule has 5 rings (SSSR count). The molecule has 0 bridgehead atoms. The van der Waals surface area contributed by atoms with Gasteiger partial charge in [0.25, 0.3) is 5.56 Å². The van der Waals surface area contributed by atoms with E-state index in [1.807, 2.05) is 12.2 Å². The highest BCUT2D eigenvalue weighted by Gasteiger charge is 2.28. The Morgan fingerprint density at radius 3 is 2.76 bits per heavy atom. The zero-order chi connectivity index (χ0) is 26.3. The standard InChI is InChI=1S/C26H32N8O3/c1-4-5-13-33-22-23(29-25(33)32-12-8-9-17(27)15-32)31(3)26(37)34(24(22)36)16-19-18-10-6-7-11-20(18)30(2)21(35)14-28-19/h6,10,17H,7-9,11-16,27H2,1-3H3. The molecule has 4 heterocycles. The third kappa shape index (κ3) is 4.31. The molecule has 1 amide bonds. The maximum absolute atomic E-state index is 13.9. The Kier molecular flexibility index (Phi) is 6.60. The summed E-state index contributed by atoms with van der Waals surface area (Å²) in [5, 5.41) is 0.